The Labute approximate surface area is 295 Å². The van der Waals surface area contributed by atoms with Gasteiger partial charge in [0.25, 0.3) is 0 Å². The first-order valence-corrected chi connectivity index (χ1v) is 19.3. The third kappa shape index (κ3) is 15.6. The third-order valence-corrected chi connectivity index (χ3v) is 10.7. The molecule has 6 heterocycles. The van der Waals surface area contributed by atoms with Gasteiger partial charge in [-0.25, -0.2) is 0 Å². The van der Waals surface area contributed by atoms with Crippen LogP contribution in [0.1, 0.15) is 11.1 Å². The van der Waals surface area contributed by atoms with Crippen LogP contribution < -0.4 is 0 Å². The molecule has 0 N–H and O–H groups in total. The van der Waals surface area contributed by atoms with E-state index in [0.717, 1.165) is 99.8 Å². The summed E-state index contributed by atoms with van der Waals surface area (Å²) in [5, 5.41) is 19.5. The zero-order valence-electron chi connectivity index (χ0n) is 28.5. The second kappa shape index (κ2) is 24.6. The molecule has 0 aromatic heterocycles. The Bertz CT molecular complexity index is 1010. The van der Waals surface area contributed by atoms with Gasteiger partial charge >= 0.3 is 0 Å². The van der Waals surface area contributed by atoms with E-state index in [1.165, 1.54) is 0 Å². The molecule has 14 heteroatoms. The van der Waals surface area contributed by atoms with Crippen molar-refractivity contribution < 1.29 is 28.4 Å². The summed E-state index contributed by atoms with van der Waals surface area (Å²) in [7, 11) is 0. The molecule has 4 bridgehead atoms. The van der Waals surface area contributed by atoms with Gasteiger partial charge in [0.2, 0.25) is 0 Å². The molecular formula is C34H54N6O6S2. The zero-order chi connectivity index (χ0) is 33.5. The van der Waals surface area contributed by atoms with Crippen LogP contribution in [0.15, 0.2) is 21.9 Å². The van der Waals surface area contributed by atoms with Crippen LogP contribution in [0.5, 0.6) is 0 Å². The van der Waals surface area contributed by atoms with Gasteiger partial charge in [0.1, 0.15) is 12.1 Å². The summed E-state index contributed by atoms with van der Waals surface area (Å²) in [4.78, 5) is 11.6. The maximum absolute atomic E-state index is 9.73. The number of hydrogen-bond acceptors (Lipinski definition) is 14. The van der Waals surface area contributed by atoms with Crippen molar-refractivity contribution in [3.8, 4) is 12.1 Å². The van der Waals surface area contributed by atoms with Crippen molar-refractivity contribution in [1.29, 1.82) is 10.5 Å². The Hall–Kier alpha value is -1.50. The standard InChI is InChI=1S/C34H54N6O6S2/c35-29-31-27-33-34(28-32(31)30-36)48-26-12-40-9-19-43-15-3-38(4-16-44-20-10-40)6-22-46-24-23-45-21-5-37-1-13-41-17-7-39(11-25-47-33)8-18-42-14-2-37/h27-28H,1-26H2. The quantitative estimate of drug-likeness (QED) is 0.392. The Morgan fingerprint density at radius 1 is 0.396 bits per heavy atom. The van der Waals surface area contributed by atoms with E-state index in [9.17, 15) is 10.5 Å². The first-order chi connectivity index (χ1) is 23.7. The average molecular weight is 707 g/mol. The minimum Gasteiger partial charge on any atom is -0.379 e. The van der Waals surface area contributed by atoms with Crippen molar-refractivity contribution in [1.82, 2.24) is 19.6 Å². The molecule has 0 aliphatic carbocycles. The number of thioether (sulfide) groups is 2. The summed E-state index contributed by atoms with van der Waals surface area (Å²) >= 11 is 3.50. The molecule has 0 radical (unpaired) electrons. The number of benzene rings is 1. The van der Waals surface area contributed by atoms with Crippen molar-refractivity contribution in [2.24, 2.45) is 0 Å². The van der Waals surface area contributed by atoms with Crippen LogP contribution in [-0.2, 0) is 28.4 Å². The summed E-state index contributed by atoms with van der Waals surface area (Å²) in [5.74, 6) is 1.72. The lowest BCUT2D eigenvalue weighted by atomic mass is 10.1. The van der Waals surface area contributed by atoms with E-state index in [1.54, 1.807) is 23.5 Å². The van der Waals surface area contributed by atoms with Gasteiger partial charge in [0.15, 0.2) is 0 Å². The van der Waals surface area contributed by atoms with Gasteiger partial charge in [0, 0.05) is 99.8 Å². The molecule has 48 heavy (non-hydrogen) atoms. The molecule has 7 rings (SSSR count). The fraction of sp³-hybridized carbons (Fsp3) is 0.765. The topological polar surface area (TPSA) is 116 Å². The Morgan fingerprint density at radius 2 is 0.646 bits per heavy atom. The summed E-state index contributed by atoms with van der Waals surface area (Å²) in [6.07, 6.45) is 0. The molecule has 2 fully saturated rings. The van der Waals surface area contributed by atoms with Gasteiger partial charge in [-0.1, -0.05) is 0 Å². The van der Waals surface area contributed by atoms with E-state index in [4.69, 9.17) is 28.4 Å². The Morgan fingerprint density at radius 3 is 0.917 bits per heavy atom. The van der Waals surface area contributed by atoms with E-state index in [1.807, 2.05) is 12.1 Å². The van der Waals surface area contributed by atoms with E-state index in [-0.39, 0.29) is 0 Å². The summed E-state index contributed by atoms with van der Waals surface area (Å²) in [6, 6.07) is 8.22. The molecule has 268 valence electrons. The maximum Gasteiger partial charge on any atom is 0.101 e. The Kier molecular flexibility index (Phi) is 20.1. The first kappa shape index (κ1) is 39.3. The van der Waals surface area contributed by atoms with Crippen molar-refractivity contribution in [3.63, 3.8) is 0 Å². The average Bonchev–Trinajstić information content (AvgIpc) is 3.08. The predicted octanol–water partition coefficient (Wildman–Crippen LogP) is 1.96. The van der Waals surface area contributed by atoms with Gasteiger partial charge in [-0.2, -0.15) is 10.5 Å². The summed E-state index contributed by atoms with van der Waals surface area (Å²) in [6.45, 7) is 18.1. The van der Waals surface area contributed by atoms with Crippen LogP contribution in [0.4, 0.5) is 0 Å². The van der Waals surface area contributed by atoms with Crippen molar-refractivity contribution in [2.75, 3.05) is 169 Å². The molecular weight excluding hydrogens is 653 g/mol. The first-order valence-electron chi connectivity index (χ1n) is 17.3. The van der Waals surface area contributed by atoms with Gasteiger partial charge < -0.3 is 28.4 Å². The molecule has 1 aromatic rings. The molecule has 12 nitrogen and oxygen atoms in total. The van der Waals surface area contributed by atoms with E-state index < -0.39 is 0 Å². The molecule has 2 saturated heterocycles. The number of rotatable bonds is 0. The van der Waals surface area contributed by atoms with Gasteiger partial charge in [-0.3, -0.25) is 19.6 Å². The number of nitrogens with zero attached hydrogens (tertiary/aromatic N) is 6. The highest BCUT2D eigenvalue weighted by molar-refractivity contribution is 8.02. The van der Waals surface area contributed by atoms with E-state index in [2.05, 4.69) is 31.7 Å². The maximum atomic E-state index is 9.73. The molecule has 0 atom stereocenters. The lowest BCUT2D eigenvalue weighted by Crippen LogP contribution is -2.38. The van der Waals surface area contributed by atoms with Gasteiger partial charge in [0.05, 0.1) is 90.4 Å². The second-order valence-electron chi connectivity index (χ2n) is 11.8. The van der Waals surface area contributed by atoms with Gasteiger partial charge in [-0.05, 0) is 12.1 Å². The largest absolute Gasteiger partial charge is 0.379 e. The summed E-state index contributed by atoms with van der Waals surface area (Å²) in [5.41, 5.74) is 0.859. The van der Waals surface area contributed by atoms with Crippen molar-refractivity contribution in [3.05, 3.63) is 23.3 Å². The third-order valence-electron chi connectivity index (χ3n) is 8.55. The highest BCUT2D eigenvalue weighted by atomic mass is 32.2. The highest BCUT2D eigenvalue weighted by Gasteiger charge is 2.15. The lowest BCUT2D eigenvalue weighted by molar-refractivity contribution is 0.00779. The van der Waals surface area contributed by atoms with E-state index in [0.29, 0.717) is 90.4 Å². The predicted molar refractivity (Wildman–Crippen MR) is 188 cm³/mol. The van der Waals surface area contributed by atoms with Gasteiger partial charge in [-0.15, -0.1) is 23.5 Å². The second-order valence-corrected chi connectivity index (χ2v) is 14.1. The minimum atomic E-state index is 0.429. The molecule has 6 aliphatic heterocycles. The van der Waals surface area contributed by atoms with E-state index >= 15 is 0 Å². The molecule has 0 saturated carbocycles. The van der Waals surface area contributed by atoms with Crippen LogP contribution >= 0.6 is 23.5 Å². The molecule has 0 unspecified atom stereocenters. The van der Waals surface area contributed by atoms with Crippen LogP contribution in [0.2, 0.25) is 0 Å². The SMILES string of the molecule is N#Cc1cc2c(cc1C#N)SCCN1CCOCCN(CCOCCOCCN3CCOCCN(CCOCC3)CCS2)CCOCC1. The van der Waals surface area contributed by atoms with Crippen molar-refractivity contribution >= 4 is 23.5 Å². The fourth-order valence-corrected chi connectivity index (χ4v) is 7.85. The minimum absolute atomic E-state index is 0.429. The van der Waals surface area contributed by atoms with Crippen LogP contribution in [0.3, 0.4) is 0 Å². The monoisotopic (exact) mass is 706 g/mol. The number of nitriles is 2. The van der Waals surface area contributed by atoms with Crippen LogP contribution in [-0.4, -0.2) is 189 Å². The zero-order valence-corrected chi connectivity index (χ0v) is 30.1. The smallest absolute Gasteiger partial charge is 0.101 e. The molecule has 6 aliphatic rings. The summed E-state index contributed by atoms with van der Waals surface area (Å²) < 4.78 is 35.9. The van der Waals surface area contributed by atoms with Crippen LogP contribution in [0, 0.1) is 22.7 Å². The van der Waals surface area contributed by atoms with Crippen molar-refractivity contribution in [2.45, 2.75) is 9.79 Å². The van der Waals surface area contributed by atoms with Crippen LogP contribution in [0.25, 0.3) is 0 Å². The number of ether oxygens (including phenoxy) is 6. The Balaban J connectivity index is 1.41. The highest BCUT2D eigenvalue weighted by Crippen LogP contribution is 2.33. The molecule has 0 amide bonds. The molecule has 1 aromatic carbocycles. The fourth-order valence-electron chi connectivity index (χ4n) is 5.55. The normalized spacial score (nSPS) is 28.0. The lowest BCUT2D eigenvalue weighted by Gasteiger charge is -2.26. The molecule has 0 spiro atoms. The number of hydrogen-bond donors (Lipinski definition) is 0.